The van der Waals surface area contributed by atoms with Crippen molar-refractivity contribution in [2.24, 2.45) is 5.10 Å². The van der Waals surface area contributed by atoms with E-state index < -0.39 is 5.91 Å². The molecule has 1 amide bonds. The zero-order chi connectivity index (χ0) is 14.5. The van der Waals surface area contributed by atoms with Crippen molar-refractivity contribution in [2.75, 3.05) is 0 Å². The highest BCUT2D eigenvalue weighted by molar-refractivity contribution is 9.10. The van der Waals surface area contributed by atoms with Gasteiger partial charge in [-0.15, -0.1) is 0 Å². The lowest BCUT2D eigenvalue weighted by Crippen LogP contribution is -2.17. The van der Waals surface area contributed by atoms with Crippen molar-refractivity contribution in [2.45, 2.75) is 0 Å². The van der Waals surface area contributed by atoms with Crippen LogP contribution >= 0.6 is 15.9 Å². The molecule has 0 saturated carbocycles. The minimum Gasteiger partial charge on any atom is -0.508 e. The first kappa shape index (κ1) is 14.1. The summed E-state index contributed by atoms with van der Waals surface area (Å²) in [7, 11) is 0. The van der Waals surface area contributed by atoms with Crippen LogP contribution in [0.15, 0.2) is 52.0 Å². The molecule has 2 aromatic rings. The fraction of sp³-hybridized carbons (Fsp3) is 0. The Bertz CT molecular complexity index is 671. The number of benzene rings is 2. The zero-order valence-corrected chi connectivity index (χ0v) is 11.8. The Morgan fingerprint density at radius 1 is 1.20 bits per heavy atom. The van der Waals surface area contributed by atoms with Crippen molar-refractivity contribution in [3.05, 3.63) is 58.1 Å². The Morgan fingerprint density at radius 3 is 2.75 bits per heavy atom. The molecule has 5 nitrogen and oxygen atoms in total. The van der Waals surface area contributed by atoms with Gasteiger partial charge in [0, 0.05) is 15.6 Å². The maximum absolute atomic E-state index is 11.7. The van der Waals surface area contributed by atoms with Crippen LogP contribution in [-0.2, 0) is 0 Å². The van der Waals surface area contributed by atoms with Crippen LogP contribution in [0.5, 0.6) is 11.5 Å². The van der Waals surface area contributed by atoms with E-state index in [1.165, 1.54) is 24.4 Å². The van der Waals surface area contributed by atoms with Gasteiger partial charge in [-0.3, -0.25) is 4.79 Å². The fourth-order valence-electron chi connectivity index (χ4n) is 1.50. The molecule has 0 aliphatic rings. The van der Waals surface area contributed by atoms with Gasteiger partial charge in [0.25, 0.3) is 5.91 Å². The number of nitrogens with zero attached hydrogens (tertiary/aromatic N) is 1. The van der Waals surface area contributed by atoms with Crippen LogP contribution in [0.25, 0.3) is 0 Å². The highest BCUT2D eigenvalue weighted by Crippen LogP contribution is 2.19. The van der Waals surface area contributed by atoms with Gasteiger partial charge in [0.2, 0.25) is 0 Å². The highest BCUT2D eigenvalue weighted by Gasteiger charge is 2.04. The number of halogens is 1. The van der Waals surface area contributed by atoms with Crippen molar-refractivity contribution in [1.29, 1.82) is 0 Å². The van der Waals surface area contributed by atoms with E-state index >= 15 is 0 Å². The minimum absolute atomic E-state index is 0.00580. The van der Waals surface area contributed by atoms with Gasteiger partial charge in [-0.25, -0.2) is 5.43 Å². The van der Waals surface area contributed by atoms with Gasteiger partial charge in [0.05, 0.1) is 6.21 Å². The molecule has 0 aliphatic heterocycles. The number of carbonyl (C=O) groups excluding carboxylic acids is 1. The summed E-state index contributed by atoms with van der Waals surface area (Å²) in [5.74, 6) is -0.388. The molecule has 0 heterocycles. The Balaban J connectivity index is 2.06. The van der Waals surface area contributed by atoms with Gasteiger partial charge in [-0.1, -0.05) is 22.0 Å². The molecule has 0 unspecified atom stereocenters. The van der Waals surface area contributed by atoms with Gasteiger partial charge in [-0.2, -0.15) is 5.10 Å². The van der Waals surface area contributed by atoms with Crippen LogP contribution in [0.1, 0.15) is 15.9 Å². The molecular weight excluding hydrogens is 324 g/mol. The lowest BCUT2D eigenvalue weighted by Gasteiger charge is -2.01. The maximum Gasteiger partial charge on any atom is 0.271 e. The number of phenolic OH excluding ortho intramolecular Hbond substituents is 2. The molecule has 20 heavy (non-hydrogen) atoms. The van der Waals surface area contributed by atoms with Crippen LogP contribution in [0.2, 0.25) is 0 Å². The number of carbonyl (C=O) groups is 1. The van der Waals surface area contributed by atoms with E-state index in [9.17, 15) is 15.0 Å². The molecule has 0 aromatic heterocycles. The third kappa shape index (κ3) is 3.58. The number of phenols is 2. The lowest BCUT2D eigenvalue weighted by molar-refractivity contribution is 0.0954. The van der Waals surface area contributed by atoms with Crippen molar-refractivity contribution in [3.63, 3.8) is 0 Å². The molecule has 102 valence electrons. The van der Waals surface area contributed by atoms with Crippen LogP contribution in [0.3, 0.4) is 0 Å². The zero-order valence-electron chi connectivity index (χ0n) is 10.2. The molecule has 3 N–H and O–H groups in total. The number of nitrogens with one attached hydrogen (secondary N) is 1. The van der Waals surface area contributed by atoms with Gasteiger partial charge in [0.15, 0.2) is 0 Å². The maximum atomic E-state index is 11.7. The molecule has 0 atom stereocenters. The summed E-state index contributed by atoms with van der Waals surface area (Å²) in [5.41, 5.74) is 3.07. The second kappa shape index (κ2) is 6.21. The molecular formula is C14H11BrN2O3. The highest BCUT2D eigenvalue weighted by atomic mass is 79.9. The number of hydrogen-bond donors (Lipinski definition) is 3. The summed E-state index contributed by atoms with van der Waals surface area (Å²) in [6.07, 6.45) is 1.33. The average Bonchev–Trinajstić information content (AvgIpc) is 2.42. The average molecular weight is 335 g/mol. The summed E-state index contributed by atoms with van der Waals surface area (Å²) < 4.78 is 0.788. The van der Waals surface area contributed by atoms with E-state index in [0.717, 1.165) is 4.47 Å². The Labute approximate surface area is 123 Å². The first-order valence-electron chi connectivity index (χ1n) is 5.67. The SMILES string of the molecule is O=C(N/N=C/c1cc(Br)ccc1O)c1cccc(O)c1. The molecule has 6 heteroatoms. The molecule has 2 aromatic carbocycles. The van der Waals surface area contributed by atoms with E-state index in [1.54, 1.807) is 24.3 Å². The predicted molar refractivity (Wildman–Crippen MR) is 79.0 cm³/mol. The van der Waals surface area contributed by atoms with E-state index in [4.69, 9.17) is 0 Å². The van der Waals surface area contributed by atoms with Crippen molar-refractivity contribution < 1.29 is 15.0 Å². The standard InChI is InChI=1S/C14H11BrN2O3/c15-11-4-5-13(19)10(6-11)8-16-17-14(20)9-2-1-3-12(18)7-9/h1-8,18-19H,(H,17,20)/b16-8+. The topological polar surface area (TPSA) is 81.9 Å². The van der Waals surface area contributed by atoms with Gasteiger partial charge >= 0.3 is 0 Å². The van der Waals surface area contributed by atoms with Crippen LogP contribution < -0.4 is 5.43 Å². The summed E-state index contributed by atoms with van der Waals surface area (Å²) in [4.78, 5) is 11.7. The van der Waals surface area contributed by atoms with Crippen LogP contribution in [0, 0.1) is 0 Å². The molecule has 0 aliphatic carbocycles. The first-order valence-corrected chi connectivity index (χ1v) is 6.46. The summed E-state index contributed by atoms with van der Waals surface area (Å²) in [6, 6.07) is 10.8. The third-order valence-corrected chi connectivity index (χ3v) is 2.96. The largest absolute Gasteiger partial charge is 0.508 e. The van der Waals surface area contributed by atoms with Crippen molar-refractivity contribution in [3.8, 4) is 11.5 Å². The molecule has 0 bridgehead atoms. The van der Waals surface area contributed by atoms with E-state index in [1.807, 2.05) is 0 Å². The smallest absolute Gasteiger partial charge is 0.271 e. The molecule has 0 fully saturated rings. The molecule has 0 radical (unpaired) electrons. The van der Waals surface area contributed by atoms with E-state index in [2.05, 4.69) is 26.5 Å². The Morgan fingerprint density at radius 2 is 2.00 bits per heavy atom. The fourth-order valence-corrected chi connectivity index (χ4v) is 1.88. The number of aromatic hydroxyl groups is 2. The number of hydrazone groups is 1. The predicted octanol–water partition coefficient (Wildman–Crippen LogP) is 2.62. The van der Waals surface area contributed by atoms with Crippen LogP contribution in [-0.4, -0.2) is 22.3 Å². The van der Waals surface area contributed by atoms with Crippen LogP contribution in [0.4, 0.5) is 0 Å². The molecule has 2 rings (SSSR count). The Hall–Kier alpha value is -2.34. The normalized spacial score (nSPS) is 10.7. The third-order valence-electron chi connectivity index (χ3n) is 2.47. The van der Waals surface area contributed by atoms with E-state index in [0.29, 0.717) is 11.1 Å². The number of rotatable bonds is 3. The molecule has 0 spiro atoms. The van der Waals surface area contributed by atoms with Gasteiger partial charge in [-0.05, 0) is 36.4 Å². The summed E-state index contributed by atoms with van der Waals surface area (Å²) >= 11 is 3.27. The van der Waals surface area contributed by atoms with Gasteiger partial charge < -0.3 is 10.2 Å². The Kier molecular flexibility index (Phi) is 4.37. The minimum atomic E-state index is -0.452. The van der Waals surface area contributed by atoms with Crippen molar-refractivity contribution in [1.82, 2.24) is 5.43 Å². The number of hydrogen-bond acceptors (Lipinski definition) is 4. The molecule has 0 saturated heterocycles. The van der Waals surface area contributed by atoms with Crippen molar-refractivity contribution >= 4 is 28.1 Å². The van der Waals surface area contributed by atoms with Gasteiger partial charge in [0.1, 0.15) is 11.5 Å². The van der Waals surface area contributed by atoms with E-state index in [-0.39, 0.29) is 11.5 Å². The second-order valence-corrected chi connectivity index (χ2v) is 4.87. The number of amides is 1. The second-order valence-electron chi connectivity index (χ2n) is 3.95. The monoisotopic (exact) mass is 334 g/mol. The first-order chi connectivity index (χ1) is 9.56. The summed E-state index contributed by atoms with van der Waals surface area (Å²) in [5, 5.41) is 22.6. The summed E-state index contributed by atoms with van der Waals surface area (Å²) in [6.45, 7) is 0. The lowest BCUT2D eigenvalue weighted by atomic mass is 10.2. The quantitative estimate of drug-likeness (QED) is 0.596.